The maximum absolute atomic E-state index is 13.3. The molecule has 0 bridgehead atoms. The van der Waals surface area contributed by atoms with Crippen molar-refractivity contribution in [1.82, 2.24) is 5.32 Å². The van der Waals surface area contributed by atoms with E-state index in [0.717, 1.165) is 19.3 Å². The Balaban J connectivity index is 1.91. The Morgan fingerprint density at radius 1 is 1.41 bits per heavy atom. The molecule has 1 aliphatic rings. The Morgan fingerprint density at radius 3 is 2.82 bits per heavy atom. The molecule has 17 heavy (non-hydrogen) atoms. The summed E-state index contributed by atoms with van der Waals surface area (Å²) in [5.41, 5.74) is 0.0555. The summed E-state index contributed by atoms with van der Waals surface area (Å²) in [5.74, 6) is -0.829. The first-order valence-electron chi connectivity index (χ1n) is 5.89. The van der Waals surface area contributed by atoms with Crippen molar-refractivity contribution < 1.29 is 14.3 Å². The van der Waals surface area contributed by atoms with Gasteiger partial charge in [0.15, 0.2) is 0 Å². The lowest BCUT2D eigenvalue weighted by Gasteiger charge is -2.15. The van der Waals surface area contributed by atoms with Crippen LogP contribution in [0.1, 0.15) is 29.6 Å². The van der Waals surface area contributed by atoms with Gasteiger partial charge in [-0.3, -0.25) is 4.79 Å². The quantitative estimate of drug-likeness (QED) is 0.841. The topological polar surface area (TPSA) is 49.3 Å². The number of aliphatic hydroxyl groups is 1. The van der Waals surface area contributed by atoms with Crippen LogP contribution in [-0.2, 0) is 0 Å². The van der Waals surface area contributed by atoms with Crippen LogP contribution < -0.4 is 5.32 Å². The molecule has 2 rings (SSSR count). The van der Waals surface area contributed by atoms with E-state index >= 15 is 0 Å². The second-order valence-electron chi connectivity index (χ2n) is 4.45. The fourth-order valence-electron chi connectivity index (χ4n) is 2.22. The Hall–Kier alpha value is -1.42. The van der Waals surface area contributed by atoms with E-state index in [9.17, 15) is 14.3 Å². The zero-order chi connectivity index (χ0) is 12.3. The Kier molecular flexibility index (Phi) is 3.74. The zero-order valence-corrected chi connectivity index (χ0v) is 9.53. The van der Waals surface area contributed by atoms with Crippen LogP contribution in [0.5, 0.6) is 0 Å². The van der Waals surface area contributed by atoms with Gasteiger partial charge in [0, 0.05) is 12.5 Å². The molecule has 1 aliphatic carbocycles. The third kappa shape index (κ3) is 2.82. The number of rotatable bonds is 3. The standard InChI is InChI=1S/C13H16FNO2/c14-11-6-2-1-5-10(11)13(17)15-8-9-4-3-7-12(9)16/h1-2,5-6,9,12,16H,3-4,7-8H2,(H,15,17). The van der Waals surface area contributed by atoms with E-state index in [1.54, 1.807) is 12.1 Å². The van der Waals surface area contributed by atoms with Crippen LogP contribution in [-0.4, -0.2) is 23.7 Å². The van der Waals surface area contributed by atoms with Crippen molar-refractivity contribution in [3.63, 3.8) is 0 Å². The number of hydrogen-bond acceptors (Lipinski definition) is 2. The van der Waals surface area contributed by atoms with Crippen LogP contribution in [0.3, 0.4) is 0 Å². The summed E-state index contributed by atoms with van der Waals surface area (Å²) in [7, 11) is 0. The van der Waals surface area contributed by atoms with Gasteiger partial charge in [0.25, 0.3) is 5.91 Å². The Labute approximate surface area is 99.7 Å². The number of carbonyl (C=O) groups is 1. The molecule has 0 radical (unpaired) electrons. The van der Waals surface area contributed by atoms with Gasteiger partial charge in [-0.25, -0.2) is 4.39 Å². The molecule has 2 unspecified atom stereocenters. The second kappa shape index (κ2) is 5.27. The van der Waals surface area contributed by atoms with Crippen LogP contribution in [0.25, 0.3) is 0 Å². The van der Waals surface area contributed by atoms with Crippen LogP contribution in [0.2, 0.25) is 0 Å². The first kappa shape index (κ1) is 12.0. The molecule has 1 aromatic rings. The molecule has 0 aromatic heterocycles. The van der Waals surface area contributed by atoms with Crippen molar-refractivity contribution in [3.05, 3.63) is 35.6 Å². The SMILES string of the molecule is O=C(NCC1CCCC1O)c1ccccc1F. The number of aliphatic hydroxyl groups excluding tert-OH is 1. The van der Waals surface area contributed by atoms with Crippen molar-refractivity contribution in [3.8, 4) is 0 Å². The predicted octanol–water partition coefficient (Wildman–Crippen LogP) is 1.72. The molecule has 0 saturated heterocycles. The molecular formula is C13H16FNO2. The second-order valence-corrected chi connectivity index (χ2v) is 4.45. The number of carbonyl (C=O) groups excluding carboxylic acids is 1. The summed E-state index contributed by atoms with van der Waals surface area (Å²) in [4.78, 5) is 11.7. The Morgan fingerprint density at radius 2 is 2.18 bits per heavy atom. The summed E-state index contributed by atoms with van der Waals surface area (Å²) in [6.07, 6.45) is 2.36. The number of amides is 1. The van der Waals surface area contributed by atoms with Crippen molar-refractivity contribution >= 4 is 5.91 Å². The molecule has 3 nitrogen and oxygen atoms in total. The summed E-state index contributed by atoms with van der Waals surface area (Å²) in [6.45, 7) is 0.411. The molecule has 0 aliphatic heterocycles. The molecular weight excluding hydrogens is 221 g/mol. The lowest BCUT2D eigenvalue weighted by Crippen LogP contribution is -2.32. The predicted molar refractivity (Wildman–Crippen MR) is 62.1 cm³/mol. The summed E-state index contributed by atoms with van der Waals surface area (Å²) < 4.78 is 13.3. The highest BCUT2D eigenvalue weighted by atomic mass is 19.1. The summed E-state index contributed by atoms with van der Waals surface area (Å²) >= 11 is 0. The van der Waals surface area contributed by atoms with Crippen LogP contribution in [0, 0.1) is 11.7 Å². The van der Waals surface area contributed by atoms with Crippen molar-refractivity contribution in [2.75, 3.05) is 6.54 Å². The van der Waals surface area contributed by atoms with Crippen LogP contribution >= 0.6 is 0 Å². The number of hydrogen-bond donors (Lipinski definition) is 2. The fraction of sp³-hybridized carbons (Fsp3) is 0.462. The van der Waals surface area contributed by atoms with Gasteiger partial charge < -0.3 is 10.4 Å². The van der Waals surface area contributed by atoms with Crippen LogP contribution in [0.4, 0.5) is 4.39 Å². The average Bonchev–Trinajstić information content (AvgIpc) is 2.72. The highest BCUT2D eigenvalue weighted by molar-refractivity contribution is 5.94. The van der Waals surface area contributed by atoms with Gasteiger partial charge in [0.1, 0.15) is 5.82 Å². The van der Waals surface area contributed by atoms with Gasteiger partial charge in [-0.15, -0.1) is 0 Å². The van der Waals surface area contributed by atoms with E-state index in [1.807, 2.05) is 0 Å². The third-order valence-corrected chi connectivity index (χ3v) is 3.26. The van der Waals surface area contributed by atoms with E-state index in [0.29, 0.717) is 6.54 Å². The van der Waals surface area contributed by atoms with Crippen LogP contribution in [0.15, 0.2) is 24.3 Å². The molecule has 0 heterocycles. The van der Waals surface area contributed by atoms with E-state index < -0.39 is 11.7 Å². The van der Waals surface area contributed by atoms with Crippen molar-refractivity contribution in [2.24, 2.45) is 5.92 Å². The van der Waals surface area contributed by atoms with Crippen molar-refractivity contribution in [2.45, 2.75) is 25.4 Å². The maximum atomic E-state index is 13.3. The molecule has 0 spiro atoms. The Bertz CT molecular complexity index is 408. The number of benzene rings is 1. The lowest BCUT2D eigenvalue weighted by atomic mass is 10.1. The van der Waals surface area contributed by atoms with Gasteiger partial charge >= 0.3 is 0 Å². The molecule has 92 valence electrons. The monoisotopic (exact) mass is 237 g/mol. The minimum absolute atomic E-state index is 0.0555. The van der Waals surface area contributed by atoms with E-state index in [2.05, 4.69) is 5.32 Å². The summed E-state index contributed by atoms with van der Waals surface area (Å²) in [5, 5.41) is 12.3. The normalized spacial score (nSPS) is 23.6. The van der Waals surface area contributed by atoms with Gasteiger partial charge in [-0.2, -0.15) is 0 Å². The first-order valence-corrected chi connectivity index (χ1v) is 5.89. The lowest BCUT2D eigenvalue weighted by molar-refractivity contribution is 0.0913. The van der Waals surface area contributed by atoms with Gasteiger partial charge in [-0.1, -0.05) is 18.6 Å². The fourth-order valence-corrected chi connectivity index (χ4v) is 2.22. The van der Waals surface area contributed by atoms with E-state index in [4.69, 9.17) is 0 Å². The molecule has 1 fully saturated rings. The molecule has 4 heteroatoms. The van der Waals surface area contributed by atoms with Gasteiger partial charge in [0.05, 0.1) is 11.7 Å². The minimum Gasteiger partial charge on any atom is -0.393 e. The molecule has 1 aromatic carbocycles. The maximum Gasteiger partial charge on any atom is 0.254 e. The third-order valence-electron chi connectivity index (χ3n) is 3.26. The number of halogens is 1. The highest BCUT2D eigenvalue weighted by Crippen LogP contribution is 2.24. The van der Waals surface area contributed by atoms with E-state index in [1.165, 1.54) is 12.1 Å². The zero-order valence-electron chi connectivity index (χ0n) is 9.53. The largest absolute Gasteiger partial charge is 0.393 e. The van der Waals surface area contributed by atoms with Gasteiger partial charge in [-0.05, 0) is 25.0 Å². The average molecular weight is 237 g/mol. The first-order chi connectivity index (χ1) is 8.18. The van der Waals surface area contributed by atoms with E-state index in [-0.39, 0.29) is 17.6 Å². The minimum atomic E-state index is -0.517. The molecule has 1 saturated carbocycles. The van der Waals surface area contributed by atoms with Crippen molar-refractivity contribution in [1.29, 1.82) is 0 Å². The number of nitrogens with one attached hydrogen (secondary N) is 1. The van der Waals surface area contributed by atoms with Gasteiger partial charge in [0.2, 0.25) is 0 Å². The summed E-state index contributed by atoms with van der Waals surface area (Å²) in [6, 6.07) is 5.89. The molecule has 2 atom stereocenters. The molecule has 2 N–H and O–H groups in total. The molecule has 1 amide bonds. The smallest absolute Gasteiger partial charge is 0.254 e. The highest BCUT2D eigenvalue weighted by Gasteiger charge is 2.25.